The lowest BCUT2D eigenvalue weighted by molar-refractivity contribution is 0.197. The first-order chi connectivity index (χ1) is 11.8. The van der Waals surface area contributed by atoms with Crippen molar-refractivity contribution in [1.29, 1.82) is 0 Å². The molecule has 2 aliphatic carbocycles. The predicted octanol–water partition coefficient (Wildman–Crippen LogP) is 3.70. The maximum atomic E-state index is 5.66. The van der Waals surface area contributed by atoms with E-state index in [1.54, 1.807) is 7.11 Å². The maximum absolute atomic E-state index is 5.66. The fraction of sp³-hybridized carbons (Fsp3) is 0.550. The van der Waals surface area contributed by atoms with Gasteiger partial charge in [-0.1, -0.05) is 31.0 Å². The third kappa shape index (κ3) is 2.84. The summed E-state index contributed by atoms with van der Waals surface area (Å²) in [6.45, 7) is 1.06. The van der Waals surface area contributed by atoms with E-state index in [1.807, 2.05) is 12.3 Å². The van der Waals surface area contributed by atoms with Gasteiger partial charge in [0.2, 0.25) is 0 Å². The van der Waals surface area contributed by atoms with Gasteiger partial charge < -0.3 is 10.1 Å². The lowest BCUT2D eigenvalue weighted by Gasteiger charge is -2.39. The van der Waals surface area contributed by atoms with Crippen LogP contribution in [0.1, 0.15) is 50.1 Å². The van der Waals surface area contributed by atoms with Gasteiger partial charge >= 0.3 is 0 Å². The average molecular weight is 325 g/mol. The van der Waals surface area contributed by atoms with Crippen molar-refractivity contribution in [3.8, 4) is 5.75 Å². The monoisotopic (exact) mass is 325 g/mol. The van der Waals surface area contributed by atoms with Gasteiger partial charge in [0.15, 0.2) is 0 Å². The molecule has 0 bridgehead atoms. The van der Waals surface area contributed by atoms with Gasteiger partial charge in [-0.3, -0.25) is 4.68 Å². The van der Waals surface area contributed by atoms with Crippen molar-refractivity contribution in [3.05, 3.63) is 48.3 Å². The van der Waals surface area contributed by atoms with Gasteiger partial charge in [-0.05, 0) is 37.8 Å². The van der Waals surface area contributed by atoms with Crippen molar-refractivity contribution in [1.82, 2.24) is 15.1 Å². The van der Waals surface area contributed by atoms with Crippen LogP contribution >= 0.6 is 0 Å². The Morgan fingerprint density at radius 3 is 2.71 bits per heavy atom. The standard InChI is InChI=1S/C20H27N3O/c1-24-19-8-3-2-7-18(19)20(9-4-5-10-20)15-21-16-13-17(14-16)23-12-6-11-22-23/h2-3,6-8,11-12,16-17,21H,4-5,9-10,13-15H2,1H3. The first-order valence-electron chi connectivity index (χ1n) is 9.17. The molecule has 0 aliphatic heterocycles. The molecule has 4 heteroatoms. The summed E-state index contributed by atoms with van der Waals surface area (Å²) >= 11 is 0. The van der Waals surface area contributed by atoms with Gasteiger partial charge in [0.05, 0.1) is 13.2 Å². The van der Waals surface area contributed by atoms with E-state index >= 15 is 0 Å². The number of aromatic nitrogens is 2. The van der Waals surface area contributed by atoms with Crippen LogP contribution in [0.4, 0.5) is 0 Å². The summed E-state index contributed by atoms with van der Waals surface area (Å²) in [6.07, 6.45) is 11.5. The molecule has 4 rings (SSSR count). The molecular weight excluding hydrogens is 298 g/mol. The Balaban J connectivity index is 1.42. The van der Waals surface area contributed by atoms with Crippen molar-refractivity contribution >= 4 is 0 Å². The normalized spacial score (nSPS) is 25.4. The van der Waals surface area contributed by atoms with Gasteiger partial charge in [-0.15, -0.1) is 0 Å². The molecule has 2 fully saturated rings. The Morgan fingerprint density at radius 2 is 2.00 bits per heavy atom. The second kappa shape index (κ2) is 6.60. The highest BCUT2D eigenvalue weighted by Gasteiger charge is 2.39. The number of methoxy groups -OCH3 is 1. The van der Waals surface area contributed by atoms with Crippen LogP contribution in [0, 0.1) is 0 Å². The number of ether oxygens (including phenoxy) is 1. The zero-order valence-corrected chi connectivity index (χ0v) is 14.4. The summed E-state index contributed by atoms with van der Waals surface area (Å²) in [5.74, 6) is 1.05. The first-order valence-corrected chi connectivity index (χ1v) is 9.17. The van der Waals surface area contributed by atoms with Crippen LogP contribution in [-0.2, 0) is 5.41 Å². The highest BCUT2D eigenvalue weighted by atomic mass is 16.5. The van der Waals surface area contributed by atoms with Crippen LogP contribution < -0.4 is 10.1 Å². The molecule has 0 unspecified atom stereocenters. The van der Waals surface area contributed by atoms with E-state index < -0.39 is 0 Å². The van der Waals surface area contributed by atoms with Crippen LogP contribution in [0.5, 0.6) is 5.75 Å². The highest BCUT2D eigenvalue weighted by molar-refractivity contribution is 5.40. The predicted molar refractivity (Wildman–Crippen MR) is 95.4 cm³/mol. The fourth-order valence-corrected chi connectivity index (χ4v) is 4.48. The molecule has 1 aromatic heterocycles. The quantitative estimate of drug-likeness (QED) is 0.880. The van der Waals surface area contributed by atoms with E-state index in [-0.39, 0.29) is 5.41 Å². The zero-order valence-electron chi connectivity index (χ0n) is 14.4. The largest absolute Gasteiger partial charge is 0.496 e. The van der Waals surface area contributed by atoms with E-state index in [2.05, 4.69) is 45.6 Å². The lowest BCUT2D eigenvalue weighted by atomic mass is 9.77. The molecule has 1 heterocycles. The molecule has 2 aromatic rings. The molecule has 128 valence electrons. The van der Waals surface area contributed by atoms with E-state index in [4.69, 9.17) is 4.74 Å². The Labute approximate surface area is 144 Å². The third-order valence-electron chi connectivity index (χ3n) is 5.98. The minimum absolute atomic E-state index is 0.239. The number of rotatable bonds is 6. The van der Waals surface area contributed by atoms with Crippen LogP contribution in [0.25, 0.3) is 0 Å². The zero-order chi connectivity index (χ0) is 16.4. The summed E-state index contributed by atoms with van der Waals surface area (Å²) in [7, 11) is 1.79. The van der Waals surface area contributed by atoms with Crippen LogP contribution in [0.3, 0.4) is 0 Å². The van der Waals surface area contributed by atoms with E-state index in [0.29, 0.717) is 12.1 Å². The minimum Gasteiger partial charge on any atom is -0.496 e. The van der Waals surface area contributed by atoms with Crippen molar-refractivity contribution in [3.63, 3.8) is 0 Å². The molecule has 1 N–H and O–H groups in total. The number of hydrogen-bond donors (Lipinski definition) is 1. The number of nitrogens with zero attached hydrogens (tertiary/aromatic N) is 2. The van der Waals surface area contributed by atoms with Crippen molar-refractivity contribution in [2.75, 3.05) is 13.7 Å². The molecule has 1 aromatic carbocycles. The van der Waals surface area contributed by atoms with Crippen LogP contribution in [0.2, 0.25) is 0 Å². The molecule has 2 saturated carbocycles. The summed E-state index contributed by atoms with van der Waals surface area (Å²) < 4.78 is 7.76. The Bertz CT molecular complexity index is 655. The molecule has 0 amide bonds. The van der Waals surface area contributed by atoms with Crippen molar-refractivity contribution in [2.24, 2.45) is 0 Å². The number of benzene rings is 1. The summed E-state index contributed by atoms with van der Waals surface area (Å²) in [5.41, 5.74) is 1.63. The number of hydrogen-bond acceptors (Lipinski definition) is 3. The maximum Gasteiger partial charge on any atom is 0.122 e. The molecule has 24 heavy (non-hydrogen) atoms. The Hall–Kier alpha value is -1.81. The van der Waals surface area contributed by atoms with Gasteiger partial charge in [0.25, 0.3) is 0 Å². The number of nitrogens with one attached hydrogen (secondary N) is 1. The highest BCUT2D eigenvalue weighted by Crippen LogP contribution is 2.45. The summed E-state index contributed by atoms with van der Waals surface area (Å²) in [4.78, 5) is 0. The smallest absolute Gasteiger partial charge is 0.122 e. The second-order valence-electron chi connectivity index (χ2n) is 7.38. The van der Waals surface area contributed by atoms with Crippen LogP contribution in [-0.4, -0.2) is 29.5 Å². The number of para-hydroxylation sites is 1. The van der Waals surface area contributed by atoms with Gasteiger partial charge in [-0.25, -0.2) is 0 Å². The van der Waals surface area contributed by atoms with Crippen molar-refractivity contribution < 1.29 is 4.74 Å². The average Bonchev–Trinajstić information content (AvgIpc) is 3.26. The molecule has 4 nitrogen and oxygen atoms in total. The molecular formula is C20H27N3O. The van der Waals surface area contributed by atoms with Gasteiger partial charge in [0.1, 0.15) is 5.75 Å². The lowest BCUT2D eigenvalue weighted by Crippen LogP contribution is -2.47. The SMILES string of the molecule is COc1ccccc1C1(CNC2CC(n3cccn3)C2)CCCC1. The van der Waals surface area contributed by atoms with Gasteiger partial charge in [-0.2, -0.15) is 5.10 Å². The Kier molecular flexibility index (Phi) is 4.31. The molecule has 0 saturated heterocycles. The third-order valence-corrected chi connectivity index (χ3v) is 5.98. The fourth-order valence-electron chi connectivity index (χ4n) is 4.48. The van der Waals surface area contributed by atoms with Crippen LogP contribution in [0.15, 0.2) is 42.7 Å². The Morgan fingerprint density at radius 1 is 1.21 bits per heavy atom. The first kappa shape index (κ1) is 15.7. The summed E-state index contributed by atoms with van der Waals surface area (Å²) in [6, 6.07) is 11.8. The molecule has 0 spiro atoms. The molecule has 0 atom stereocenters. The van der Waals surface area contributed by atoms with Gasteiger partial charge in [0, 0.05) is 36.0 Å². The van der Waals surface area contributed by atoms with E-state index in [1.165, 1.54) is 44.1 Å². The van der Waals surface area contributed by atoms with Crippen molar-refractivity contribution in [2.45, 2.75) is 56.0 Å². The second-order valence-corrected chi connectivity index (χ2v) is 7.38. The topological polar surface area (TPSA) is 39.1 Å². The van der Waals surface area contributed by atoms with E-state index in [9.17, 15) is 0 Å². The molecule has 2 aliphatic rings. The summed E-state index contributed by atoms with van der Waals surface area (Å²) in [5, 5.41) is 8.21. The minimum atomic E-state index is 0.239. The van der Waals surface area contributed by atoms with E-state index in [0.717, 1.165) is 12.3 Å². The molecule has 0 radical (unpaired) electrons.